The largest absolute Gasteiger partial charge is 0.492 e. The van der Waals surface area contributed by atoms with Crippen LogP contribution in [0, 0.1) is 0 Å². The van der Waals surface area contributed by atoms with Crippen molar-refractivity contribution in [3.05, 3.63) is 48.5 Å². The van der Waals surface area contributed by atoms with Gasteiger partial charge in [0.15, 0.2) is 0 Å². The molecule has 1 aromatic heterocycles. The van der Waals surface area contributed by atoms with E-state index in [-0.39, 0.29) is 0 Å². The Bertz CT molecular complexity index is 420. The highest BCUT2D eigenvalue weighted by atomic mass is 16.5. The minimum atomic E-state index is 0.670. The SMILES string of the molecule is CCCc1ccc(OCCn2ccnc2)cc1. The molecule has 2 aromatic rings. The van der Waals surface area contributed by atoms with Crippen molar-refractivity contribution in [1.29, 1.82) is 0 Å². The van der Waals surface area contributed by atoms with Gasteiger partial charge in [0.05, 0.1) is 12.9 Å². The summed E-state index contributed by atoms with van der Waals surface area (Å²) < 4.78 is 7.67. The van der Waals surface area contributed by atoms with Crippen molar-refractivity contribution in [3.63, 3.8) is 0 Å². The summed E-state index contributed by atoms with van der Waals surface area (Å²) in [4.78, 5) is 3.99. The standard InChI is InChI=1S/C14H18N2O/c1-2-3-13-4-6-14(7-5-13)17-11-10-16-9-8-15-12-16/h4-9,12H,2-3,10-11H2,1H3. The van der Waals surface area contributed by atoms with Crippen LogP contribution in [0.1, 0.15) is 18.9 Å². The van der Waals surface area contributed by atoms with Gasteiger partial charge in [-0.25, -0.2) is 4.98 Å². The molecule has 0 bridgehead atoms. The fourth-order valence-electron chi connectivity index (χ4n) is 1.73. The second kappa shape index (κ2) is 6.09. The Kier molecular flexibility index (Phi) is 4.19. The highest BCUT2D eigenvalue weighted by molar-refractivity contribution is 5.27. The highest BCUT2D eigenvalue weighted by Crippen LogP contribution is 2.13. The normalized spacial score (nSPS) is 10.4. The molecule has 1 heterocycles. The first-order valence-electron chi connectivity index (χ1n) is 6.06. The van der Waals surface area contributed by atoms with Crippen molar-refractivity contribution in [1.82, 2.24) is 9.55 Å². The average Bonchev–Trinajstić information content (AvgIpc) is 2.85. The predicted molar refractivity (Wildman–Crippen MR) is 68.2 cm³/mol. The zero-order chi connectivity index (χ0) is 11.9. The van der Waals surface area contributed by atoms with Crippen LogP contribution in [0.15, 0.2) is 43.0 Å². The van der Waals surface area contributed by atoms with Gasteiger partial charge in [-0.05, 0) is 24.1 Å². The second-order valence-corrected chi connectivity index (χ2v) is 4.04. The van der Waals surface area contributed by atoms with Crippen LogP contribution in [0.5, 0.6) is 5.75 Å². The maximum absolute atomic E-state index is 5.66. The summed E-state index contributed by atoms with van der Waals surface area (Å²) >= 11 is 0. The van der Waals surface area contributed by atoms with E-state index in [4.69, 9.17) is 4.74 Å². The third-order valence-electron chi connectivity index (χ3n) is 2.64. The Morgan fingerprint density at radius 2 is 2.06 bits per heavy atom. The van der Waals surface area contributed by atoms with Crippen LogP contribution in [0.3, 0.4) is 0 Å². The van der Waals surface area contributed by atoms with Gasteiger partial charge in [-0.15, -0.1) is 0 Å². The van der Waals surface area contributed by atoms with Gasteiger partial charge in [-0.1, -0.05) is 25.5 Å². The summed E-state index contributed by atoms with van der Waals surface area (Å²) in [5.41, 5.74) is 1.37. The topological polar surface area (TPSA) is 27.1 Å². The lowest BCUT2D eigenvalue weighted by molar-refractivity contribution is 0.298. The van der Waals surface area contributed by atoms with E-state index in [0.717, 1.165) is 18.7 Å². The first-order chi connectivity index (χ1) is 8.38. The fourth-order valence-corrected chi connectivity index (χ4v) is 1.73. The van der Waals surface area contributed by atoms with Crippen molar-refractivity contribution < 1.29 is 4.74 Å². The second-order valence-electron chi connectivity index (χ2n) is 4.04. The van der Waals surface area contributed by atoms with Crippen LogP contribution in [0.25, 0.3) is 0 Å². The Morgan fingerprint density at radius 1 is 1.24 bits per heavy atom. The summed E-state index contributed by atoms with van der Waals surface area (Å²) in [6.45, 7) is 3.69. The van der Waals surface area contributed by atoms with E-state index in [1.54, 1.807) is 12.5 Å². The third-order valence-corrected chi connectivity index (χ3v) is 2.64. The monoisotopic (exact) mass is 230 g/mol. The van der Waals surface area contributed by atoms with Crippen molar-refractivity contribution in [2.75, 3.05) is 6.61 Å². The maximum Gasteiger partial charge on any atom is 0.119 e. The van der Waals surface area contributed by atoms with Crippen molar-refractivity contribution in [2.24, 2.45) is 0 Å². The van der Waals surface area contributed by atoms with E-state index >= 15 is 0 Å². The first kappa shape index (κ1) is 11.7. The minimum absolute atomic E-state index is 0.670. The number of benzene rings is 1. The summed E-state index contributed by atoms with van der Waals surface area (Å²) in [6.07, 6.45) is 7.83. The molecule has 0 aliphatic rings. The molecule has 1 aromatic carbocycles. The minimum Gasteiger partial charge on any atom is -0.492 e. The van der Waals surface area contributed by atoms with Crippen LogP contribution in [0.4, 0.5) is 0 Å². The molecule has 0 saturated heterocycles. The molecular formula is C14H18N2O. The van der Waals surface area contributed by atoms with Crippen LogP contribution >= 0.6 is 0 Å². The number of ether oxygens (including phenoxy) is 1. The van der Waals surface area contributed by atoms with Gasteiger partial charge in [-0.2, -0.15) is 0 Å². The quantitative estimate of drug-likeness (QED) is 0.763. The molecule has 0 aliphatic heterocycles. The molecule has 0 aliphatic carbocycles. The average molecular weight is 230 g/mol. The first-order valence-corrected chi connectivity index (χ1v) is 6.06. The van der Waals surface area contributed by atoms with Crippen LogP contribution in [0.2, 0.25) is 0 Å². The Hall–Kier alpha value is -1.77. The van der Waals surface area contributed by atoms with Gasteiger partial charge in [-0.3, -0.25) is 0 Å². The fraction of sp³-hybridized carbons (Fsp3) is 0.357. The highest BCUT2D eigenvalue weighted by Gasteiger charge is 1.95. The Morgan fingerprint density at radius 3 is 2.71 bits per heavy atom. The number of hydrogen-bond donors (Lipinski definition) is 0. The molecule has 0 N–H and O–H groups in total. The van der Waals surface area contributed by atoms with Gasteiger partial charge in [0.2, 0.25) is 0 Å². The number of rotatable bonds is 6. The van der Waals surface area contributed by atoms with E-state index in [1.807, 2.05) is 22.9 Å². The predicted octanol–water partition coefficient (Wildman–Crippen LogP) is 2.91. The molecule has 2 rings (SSSR count). The molecule has 0 radical (unpaired) electrons. The van der Waals surface area contributed by atoms with Gasteiger partial charge < -0.3 is 9.30 Å². The lowest BCUT2D eigenvalue weighted by Crippen LogP contribution is -2.06. The number of imidazole rings is 1. The summed E-state index contributed by atoms with van der Waals surface area (Å²) in [5, 5.41) is 0. The van der Waals surface area contributed by atoms with E-state index in [0.29, 0.717) is 6.61 Å². The van der Waals surface area contributed by atoms with Gasteiger partial charge in [0.1, 0.15) is 12.4 Å². The Labute approximate surface area is 102 Å². The van der Waals surface area contributed by atoms with Crippen LogP contribution in [-0.4, -0.2) is 16.2 Å². The molecule has 0 amide bonds. The smallest absolute Gasteiger partial charge is 0.119 e. The van der Waals surface area contributed by atoms with Gasteiger partial charge in [0.25, 0.3) is 0 Å². The number of nitrogens with zero attached hydrogens (tertiary/aromatic N) is 2. The van der Waals surface area contributed by atoms with Crippen LogP contribution < -0.4 is 4.74 Å². The van der Waals surface area contributed by atoms with Crippen molar-refractivity contribution in [2.45, 2.75) is 26.3 Å². The van der Waals surface area contributed by atoms with E-state index in [9.17, 15) is 0 Å². The number of aromatic nitrogens is 2. The zero-order valence-electron chi connectivity index (χ0n) is 10.2. The molecular weight excluding hydrogens is 212 g/mol. The van der Waals surface area contributed by atoms with Crippen molar-refractivity contribution >= 4 is 0 Å². The molecule has 0 saturated carbocycles. The lowest BCUT2D eigenvalue weighted by atomic mass is 10.1. The molecule has 17 heavy (non-hydrogen) atoms. The maximum atomic E-state index is 5.66. The molecule has 0 spiro atoms. The van der Waals surface area contributed by atoms with Gasteiger partial charge >= 0.3 is 0 Å². The summed E-state index contributed by atoms with van der Waals surface area (Å²) in [5.74, 6) is 0.935. The summed E-state index contributed by atoms with van der Waals surface area (Å²) in [6, 6.07) is 8.35. The van der Waals surface area contributed by atoms with Crippen molar-refractivity contribution in [3.8, 4) is 5.75 Å². The third kappa shape index (κ3) is 3.63. The zero-order valence-corrected chi connectivity index (χ0v) is 10.2. The molecule has 0 atom stereocenters. The van der Waals surface area contributed by atoms with E-state index < -0.39 is 0 Å². The van der Waals surface area contributed by atoms with Crippen LogP contribution in [-0.2, 0) is 13.0 Å². The lowest BCUT2D eigenvalue weighted by Gasteiger charge is -2.07. The van der Waals surface area contributed by atoms with Gasteiger partial charge in [0, 0.05) is 12.4 Å². The molecule has 3 nitrogen and oxygen atoms in total. The molecule has 90 valence electrons. The Balaban J connectivity index is 1.79. The number of hydrogen-bond acceptors (Lipinski definition) is 2. The van der Waals surface area contributed by atoms with E-state index in [1.165, 1.54) is 12.0 Å². The molecule has 0 fully saturated rings. The molecule has 0 unspecified atom stereocenters. The molecule has 3 heteroatoms. The summed E-state index contributed by atoms with van der Waals surface area (Å²) in [7, 11) is 0. The van der Waals surface area contributed by atoms with E-state index in [2.05, 4.69) is 24.0 Å². The number of aryl methyl sites for hydroxylation is 1.